The molecule has 0 N–H and O–H groups in total. The lowest BCUT2D eigenvalue weighted by Gasteiger charge is -2.26. The van der Waals surface area contributed by atoms with Crippen LogP contribution in [-0.4, -0.2) is 11.3 Å². The molecule has 0 fully saturated rings. The van der Waals surface area contributed by atoms with E-state index in [1.54, 1.807) is 11.3 Å². The third-order valence-electron chi connectivity index (χ3n) is 7.57. The van der Waals surface area contributed by atoms with Gasteiger partial charge in [-0.3, -0.25) is 0 Å². The van der Waals surface area contributed by atoms with Gasteiger partial charge in [-0.15, -0.1) is 11.3 Å². The van der Waals surface area contributed by atoms with Crippen LogP contribution >= 0.6 is 11.3 Å². The molecule has 3 aliphatic rings. The van der Waals surface area contributed by atoms with Crippen molar-refractivity contribution in [2.75, 3.05) is 0 Å². The van der Waals surface area contributed by atoms with Crippen LogP contribution in [0.25, 0.3) is 18.2 Å². The molecule has 0 amide bonds. The zero-order valence-electron chi connectivity index (χ0n) is 24.6. The van der Waals surface area contributed by atoms with Gasteiger partial charge >= 0.3 is 0 Å². The van der Waals surface area contributed by atoms with Gasteiger partial charge in [-0.05, 0) is 68.3 Å². The zero-order chi connectivity index (χ0) is 30.4. The molecular weight excluding hydrogens is 552 g/mol. The highest BCUT2D eigenvalue weighted by Gasteiger charge is 2.38. The molecule has 0 saturated carbocycles. The van der Waals surface area contributed by atoms with Gasteiger partial charge < -0.3 is 9.47 Å². The summed E-state index contributed by atoms with van der Waals surface area (Å²) in [6.45, 7) is 5.86. The normalized spacial score (nSPS) is 18.2. The van der Waals surface area contributed by atoms with Crippen LogP contribution in [0.4, 0.5) is 5.69 Å². The monoisotopic (exact) mass is 584 g/mol. The van der Waals surface area contributed by atoms with Crippen LogP contribution in [0.2, 0.25) is 0 Å². The number of hydrogen-bond acceptors (Lipinski definition) is 7. The van der Waals surface area contributed by atoms with Crippen LogP contribution in [0, 0.1) is 39.9 Å². The Bertz CT molecular complexity index is 1760. The van der Waals surface area contributed by atoms with E-state index >= 15 is 0 Å². The molecule has 0 spiro atoms. The summed E-state index contributed by atoms with van der Waals surface area (Å²) < 4.78 is 12.1. The summed E-state index contributed by atoms with van der Waals surface area (Å²) in [4.78, 5) is 7.05. The first-order chi connectivity index (χ1) is 20.9. The van der Waals surface area contributed by atoms with Crippen molar-refractivity contribution >= 4 is 41.0 Å². The second-order valence-corrected chi connectivity index (χ2v) is 12.2. The van der Waals surface area contributed by atoms with E-state index in [1.807, 2.05) is 68.5 Å². The highest BCUT2D eigenvalue weighted by molar-refractivity contribution is 7.13. The van der Waals surface area contributed by atoms with E-state index in [-0.39, 0.29) is 16.9 Å². The van der Waals surface area contributed by atoms with E-state index in [1.165, 1.54) is 25.7 Å². The molecule has 1 aromatic heterocycles. The molecule has 1 unspecified atom stereocenters. The Balaban J connectivity index is 1.30. The molecule has 5 rings (SSSR count). The van der Waals surface area contributed by atoms with Crippen molar-refractivity contribution in [3.63, 3.8) is 0 Å². The largest absolute Gasteiger partial charge is 0.480 e. The number of nitrogens with zero attached hydrogens (tertiary/aromatic N) is 4. The molecule has 0 radical (unpaired) electrons. The minimum Gasteiger partial charge on any atom is -0.480 e. The van der Waals surface area contributed by atoms with E-state index in [4.69, 9.17) is 14.5 Å². The molecule has 2 aromatic rings. The van der Waals surface area contributed by atoms with Crippen LogP contribution in [0.15, 0.2) is 87.9 Å². The van der Waals surface area contributed by atoms with E-state index < -0.39 is 5.60 Å². The van der Waals surface area contributed by atoms with Gasteiger partial charge in [0.05, 0.1) is 5.71 Å². The number of fused-ring (bicyclic) bond motifs is 2. The number of aliphatic imine (C=N–C) groups is 1. The van der Waals surface area contributed by atoms with E-state index in [0.717, 1.165) is 44.6 Å². The highest BCUT2D eigenvalue weighted by atomic mass is 32.1. The maximum atomic E-state index is 9.75. The Morgan fingerprint density at radius 2 is 1.77 bits per heavy atom. The first kappa shape index (κ1) is 29.6. The fraction of sp³-hybridized carbons (Fsp3) is 0.278. The third-order valence-corrected chi connectivity index (χ3v) is 8.59. The van der Waals surface area contributed by atoms with Crippen LogP contribution < -0.4 is 4.74 Å². The molecule has 0 bridgehead atoms. The fourth-order valence-electron chi connectivity index (χ4n) is 5.31. The Morgan fingerprint density at radius 1 is 1.00 bits per heavy atom. The maximum absolute atomic E-state index is 9.75. The van der Waals surface area contributed by atoms with Gasteiger partial charge in [0.15, 0.2) is 17.1 Å². The number of allylic oxidation sites excluding steroid dienone is 6. The van der Waals surface area contributed by atoms with Crippen LogP contribution in [0.3, 0.4) is 0 Å². The SMILES string of the molecule is CCCCCCC1C=CC=C2Oc3cc(/C=C/c4ccc(/C=C/C5=C(C#N)C(=C(C#N)C#N)OC5(C)C)s4)ccc3N=C21. The second kappa shape index (κ2) is 13.0. The van der Waals surface area contributed by atoms with Crippen molar-refractivity contribution in [1.29, 1.82) is 15.8 Å². The van der Waals surface area contributed by atoms with Crippen LogP contribution in [0.1, 0.15) is 68.2 Å². The standard InChI is InChI=1S/C36H32N4O2S/c1-4-5-6-7-9-25-10-8-11-32-34(25)40-31-19-13-24(20-33(31)41-32)12-14-27-15-16-28(43-27)17-18-30-29(23-39)35(26(21-37)22-38)42-36(30,2)3/h8,10-20,25H,4-7,9H2,1-3H3/b14-12+,18-17+. The molecule has 6 nitrogen and oxygen atoms in total. The minimum atomic E-state index is -0.839. The van der Waals surface area contributed by atoms with E-state index in [0.29, 0.717) is 11.5 Å². The molecule has 1 aliphatic carbocycles. The lowest BCUT2D eigenvalue weighted by molar-refractivity contribution is 0.0954. The summed E-state index contributed by atoms with van der Waals surface area (Å²) in [5, 5.41) is 28.3. The van der Waals surface area contributed by atoms with Gasteiger partial charge in [-0.1, -0.05) is 63.0 Å². The average molecular weight is 585 g/mol. The molecule has 7 heteroatoms. The lowest BCUT2D eigenvalue weighted by atomic mass is 9.90. The maximum Gasteiger partial charge on any atom is 0.172 e. The van der Waals surface area contributed by atoms with Crippen molar-refractivity contribution in [2.24, 2.45) is 10.9 Å². The second-order valence-electron chi connectivity index (χ2n) is 11.0. The Morgan fingerprint density at radius 3 is 2.49 bits per heavy atom. The number of unbranched alkanes of at least 4 members (excludes halogenated alkanes) is 3. The van der Waals surface area contributed by atoms with Crippen molar-refractivity contribution in [3.05, 3.63) is 98.2 Å². The summed E-state index contributed by atoms with van der Waals surface area (Å²) in [6.07, 6.45) is 20.2. The summed E-state index contributed by atoms with van der Waals surface area (Å²) in [5.41, 5.74) is 2.71. The van der Waals surface area contributed by atoms with Gasteiger partial charge in [0.1, 0.15) is 40.8 Å². The number of hydrogen-bond donors (Lipinski definition) is 0. The minimum absolute atomic E-state index is 0.0429. The molecule has 214 valence electrons. The van der Waals surface area contributed by atoms with Crippen molar-refractivity contribution in [3.8, 4) is 24.0 Å². The first-order valence-electron chi connectivity index (χ1n) is 14.5. The highest BCUT2D eigenvalue weighted by Crippen LogP contribution is 2.41. The topological polar surface area (TPSA) is 102 Å². The van der Waals surface area contributed by atoms with Crippen LogP contribution in [0.5, 0.6) is 5.75 Å². The van der Waals surface area contributed by atoms with Gasteiger partial charge in [0, 0.05) is 21.2 Å². The Labute approximate surface area is 257 Å². The van der Waals surface area contributed by atoms with Gasteiger partial charge in [-0.2, -0.15) is 15.8 Å². The molecule has 1 atom stereocenters. The Hall–Kier alpha value is -4.90. The molecule has 2 aliphatic heterocycles. The predicted octanol–water partition coefficient (Wildman–Crippen LogP) is 9.37. The number of nitriles is 3. The van der Waals surface area contributed by atoms with Gasteiger partial charge in [0.25, 0.3) is 0 Å². The molecular formula is C36H32N4O2S. The number of rotatable bonds is 9. The first-order valence-corrected chi connectivity index (χ1v) is 15.3. The van der Waals surface area contributed by atoms with Gasteiger partial charge in [-0.25, -0.2) is 4.99 Å². The van der Waals surface area contributed by atoms with E-state index in [2.05, 4.69) is 43.4 Å². The molecule has 43 heavy (non-hydrogen) atoms. The smallest absolute Gasteiger partial charge is 0.172 e. The number of ether oxygens (including phenoxy) is 2. The third kappa shape index (κ3) is 6.46. The lowest BCUT2D eigenvalue weighted by Crippen LogP contribution is -2.23. The fourth-order valence-corrected chi connectivity index (χ4v) is 6.13. The summed E-state index contributed by atoms with van der Waals surface area (Å²) in [5.74, 6) is 1.95. The number of benzene rings is 1. The summed E-state index contributed by atoms with van der Waals surface area (Å²) in [6, 6.07) is 15.9. The number of thiophene rings is 1. The van der Waals surface area contributed by atoms with Crippen molar-refractivity contribution in [1.82, 2.24) is 0 Å². The van der Waals surface area contributed by atoms with Crippen LogP contribution in [-0.2, 0) is 4.74 Å². The zero-order valence-corrected chi connectivity index (χ0v) is 25.4. The van der Waals surface area contributed by atoms with Crippen molar-refractivity contribution in [2.45, 2.75) is 58.5 Å². The average Bonchev–Trinajstić information content (AvgIpc) is 3.57. The molecule has 3 heterocycles. The Kier molecular flexibility index (Phi) is 8.91. The summed E-state index contributed by atoms with van der Waals surface area (Å²) in [7, 11) is 0. The van der Waals surface area contributed by atoms with Crippen molar-refractivity contribution < 1.29 is 9.47 Å². The van der Waals surface area contributed by atoms with E-state index in [9.17, 15) is 15.8 Å². The molecule has 0 saturated heterocycles. The summed E-state index contributed by atoms with van der Waals surface area (Å²) >= 11 is 1.61. The molecule has 1 aromatic carbocycles. The van der Waals surface area contributed by atoms with Gasteiger partial charge in [0.2, 0.25) is 0 Å². The quantitative estimate of drug-likeness (QED) is 0.216. The predicted molar refractivity (Wildman–Crippen MR) is 172 cm³/mol.